The number of nitriles is 1. The summed E-state index contributed by atoms with van der Waals surface area (Å²) >= 11 is 0. The van der Waals surface area contributed by atoms with Crippen molar-refractivity contribution in [1.82, 2.24) is 9.78 Å². The Morgan fingerprint density at radius 3 is 2.37 bits per heavy atom. The lowest BCUT2D eigenvalue weighted by atomic mass is 10.1. The highest BCUT2D eigenvalue weighted by molar-refractivity contribution is 5.96. The van der Waals surface area contributed by atoms with Crippen LogP contribution in [0.1, 0.15) is 38.4 Å². The number of nitrogens with one attached hydrogen (secondary N) is 1. The van der Waals surface area contributed by atoms with Gasteiger partial charge >= 0.3 is 5.97 Å². The summed E-state index contributed by atoms with van der Waals surface area (Å²) < 4.78 is 6.95. The monoisotopic (exact) mass is 402 g/mol. The lowest BCUT2D eigenvalue weighted by molar-refractivity contribution is -0.119. The van der Waals surface area contributed by atoms with Crippen LogP contribution in [0.25, 0.3) is 0 Å². The lowest BCUT2D eigenvalue weighted by Crippen LogP contribution is -2.21. The second-order valence-corrected chi connectivity index (χ2v) is 7.00. The number of ether oxygens (including phenoxy) is 1. The van der Waals surface area contributed by atoms with Crippen LogP contribution < -0.4 is 5.32 Å². The topological polar surface area (TPSA) is 97.0 Å². The van der Waals surface area contributed by atoms with Gasteiger partial charge in [-0.2, -0.15) is 10.4 Å². The maximum atomic E-state index is 12.5. The van der Waals surface area contributed by atoms with E-state index in [1.807, 2.05) is 44.2 Å². The third-order valence-electron chi connectivity index (χ3n) is 4.67. The van der Waals surface area contributed by atoms with Gasteiger partial charge in [0.2, 0.25) is 0 Å². The first-order valence-electron chi connectivity index (χ1n) is 9.44. The summed E-state index contributed by atoms with van der Waals surface area (Å²) in [7, 11) is 0. The van der Waals surface area contributed by atoms with E-state index >= 15 is 0 Å². The number of hydrogen-bond acceptors (Lipinski definition) is 5. The van der Waals surface area contributed by atoms with E-state index in [1.54, 1.807) is 35.9 Å². The van der Waals surface area contributed by atoms with Gasteiger partial charge in [0.15, 0.2) is 6.61 Å². The number of esters is 1. The number of hydrogen-bond donors (Lipinski definition) is 1. The zero-order chi connectivity index (χ0) is 21.7. The molecule has 0 aliphatic rings. The first-order valence-corrected chi connectivity index (χ1v) is 9.44. The highest BCUT2D eigenvalue weighted by atomic mass is 16.5. The molecule has 0 atom stereocenters. The summed E-state index contributed by atoms with van der Waals surface area (Å²) in [4.78, 5) is 24.6. The minimum atomic E-state index is -0.588. The number of carbonyl (C=O) groups excluding carboxylic acids is 2. The van der Waals surface area contributed by atoms with Crippen LogP contribution in [-0.4, -0.2) is 28.3 Å². The minimum absolute atomic E-state index is 0.369. The van der Waals surface area contributed by atoms with Crippen molar-refractivity contribution in [2.75, 3.05) is 11.9 Å². The number of nitrogens with zero attached hydrogens (tertiary/aromatic N) is 3. The Bertz CT molecular complexity index is 1110. The highest BCUT2D eigenvalue weighted by Crippen LogP contribution is 2.17. The molecule has 3 aromatic rings. The minimum Gasteiger partial charge on any atom is -0.452 e. The molecule has 30 heavy (non-hydrogen) atoms. The van der Waals surface area contributed by atoms with Crippen molar-refractivity contribution in [2.45, 2.75) is 27.3 Å². The van der Waals surface area contributed by atoms with Crippen molar-refractivity contribution >= 4 is 17.6 Å². The van der Waals surface area contributed by atoms with Crippen LogP contribution in [-0.2, 0) is 16.1 Å². The molecule has 0 aliphatic heterocycles. The molecule has 1 N–H and O–H groups in total. The smallest absolute Gasteiger partial charge is 0.342 e. The molecule has 1 amide bonds. The lowest BCUT2D eigenvalue weighted by Gasteiger charge is -2.08. The van der Waals surface area contributed by atoms with Crippen LogP contribution in [0.2, 0.25) is 0 Å². The third-order valence-corrected chi connectivity index (χ3v) is 4.67. The Morgan fingerprint density at radius 2 is 1.73 bits per heavy atom. The molecule has 7 nitrogen and oxygen atoms in total. The van der Waals surface area contributed by atoms with E-state index in [0.717, 1.165) is 5.56 Å². The van der Waals surface area contributed by atoms with E-state index in [2.05, 4.69) is 10.4 Å². The van der Waals surface area contributed by atoms with Crippen LogP contribution in [0.15, 0.2) is 48.5 Å². The number of aryl methyl sites for hydroxylation is 2. The quantitative estimate of drug-likeness (QED) is 0.636. The van der Waals surface area contributed by atoms with Gasteiger partial charge in [-0.05, 0) is 50.6 Å². The van der Waals surface area contributed by atoms with Crippen LogP contribution in [0.4, 0.5) is 5.69 Å². The van der Waals surface area contributed by atoms with Gasteiger partial charge in [0, 0.05) is 5.69 Å². The number of carbonyl (C=O) groups is 2. The van der Waals surface area contributed by atoms with Gasteiger partial charge in [0.05, 0.1) is 29.6 Å². The van der Waals surface area contributed by atoms with Crippen molar-refractivity contribution in [3.05, 3.63) is 82.2 Å². The second-order valence-electron chi connectivity index (χ2n) is 7.00. The number of amides is 1. The summed E-state index contributed by atoms with van der Waals surface area (Å²) in [5.74, 6) is -1.05. The number of aromatic nitrogens is 2. The van der Waals surface area contributed by atoms with Crippen molar-refractivity contribution in [1.29, 1.82) is 5.26 Å². The van der Waals surface area contributed by atoms with Gasteiger partial charge in [-0.25, -0.2) is 4.79 Å². The van der Waals surface area contributed by atoms with E-state index in [1.165, 1.54) is 5.56 Å². The van der Waals surface area contributed by atoms with E-state index in [9.17, 15) is 9.59 Å². The predicted molar refractivity (Wildman–Crippen MR) is 112 cm³/mol. The molecular weight excluding hydrogens is 380 g/mol. The van der Waals surface area contributed by atoms with Crippen molar-refractivity contribution in [3.8, 4) is 6.07 Å². The fourth-order valence-electron chi connectivity index (χ4n) is 3.04. The van der Waals surface area contributed by atoms with E-state index in [4.69, 9.17) is 10.00 Å². The molecule has 0 saturated heterocycles. The van der Waals surface area contributed by atoms with Gasteiger partial charge in [-0.15, -0.1) is 0 Å². The Labute approximate surface area is 174 Å². The summed E-state index contributed by atoms with van der Waals surface area (Å²) in [5.41, 5.74) is 4.88. The SMILES string of the molecule is Cc1ccc(Cn2nc(C)c(C(=O)OCC(=O)Nc3ccc(C#N)cc3)c2C)cc1. The van der Waals surface area contributed by atoms with Crippen LogP contribution in [0, 0.1) is 32.1 Å². The van der Waals surface area contributed by atoms with Crippen molar-refractivity contribution in [2.24, 2.45) is 0 Å². The molecule has 0 spiro atoms. The van der Waals surface area contributed by atoms with Crippen LogP contribution >= 0.6 is 0 Å². The summed E-state index contributed by atoms with van der Waals surface area (Å²) in [6, 6.07) is 16.5. The molecule has 3 rings (SSSR count). The van der Waals surface area contributed by atoms with Crippen LogP contribution in [0.3, 0.4) is 0 Å². The maximum absolute atomic E-state index is 12.5. The average Bonchev–Trinajstić information content (AvgIpc) is 3.01. The number of anilines is 1. The summed E-state index contributed by atoms with van der Waals surface area (Å²) in [5, 5.41) is 15.9. The first kappa shape index (κ1) is 20.8. The molecule has 0 unspecified atom stereocenters. The Morgan fingerprint density at radius 1 is 1.07 bits per heavy atom. The third kappa shape index (κ3) is 4.92. The molecule has 0 fully saturated rings. The van der Waals surface area contributed by atoms with E-state index in [0.29, 0.717) is 34.7 Å². The average molecular weight is 402 g/mol. The van der Waals surface area contributed by atoms with Gasteiger partial charge < -0.3 is 10.1 Å². The normalized spacial score (nSPS) is 10.3. The largest absolute Gasteiger partial charge is 0.452 e. The van der Waals surface area contributed by atoms with Crippen molar-refractivity contribution < 1.29 is 14.3 Å². The van der Waals surface area contributed by atoms with Crippen LogP contribution in [0.5, 0.6) is 0 Å². The second kappa shape index (κ2) is 9.05. The summed E-state index contributed by atoms with van der Waals surface area (Å²) in [6.45, 7) is 5.70. The molecule has 0 aliphatic carbocycles. The number of rotatable bonds is 6. The van der Waals surface area contributed by atoms with Gasteiger partial charge in [0.1, 0.15) is 5.56 Å². The molecule has 0 radical (unpaired) electrons. The highest BCUT2D eigenvalue weighted by Gasteiger charge is 2.21. The predicted octanol–water partition coefficient (Wildman–Crippen LogP) is 3.52. The zero-order valence-electron chi connectivity index (χ0n) is 17.1. The maximum Gasteiger partial charge on any atom is 0.342 e. The summed E-state index contributed by atoms with van der Waals surface area (Å²) in [6.07, 6.45) is 0. The Kier molecular flexibility index (Phi) is 6.28. The standard InChI is InChI=1S/C23H22N4O3/c1-15-4-6-19(7-5-15)13-27-17(3)22(16(2)26-27)23(29)30-14-21(28)25-20-10-8-18(12-24)9-11-20/h4-11H,13-14H2,1-3H3,(H,25,28). The molecule has 7 heteroatoms. The molecule has 1 heterocycles. The van der Waals surface area contributed by atoms with Gasteiger partial charge in [-0.1, -0.05) is 29.8 Å². The fraction of sp³-hybridized carbons (Fsp3) is 0.217. The molecule has 0 bridgehead atoms. The number of benzene rings is 2. The van der Waals surface area contributed by atoms with E-state index in [-0.39, 0.29) is 0 Å². The van der Waals surface area contributed by atoms with E-state index < -0.39 is 18.5 Å². The first-order chi connectivity index (χ1) is 14.4. The zero-order valence-corrected chi connectivity index (χ0v) is 17.1. The van der Waals surface area contributed by atoms with Gasteiger partial charge in [-0.3, -0.25) is 9.48 Å². The molecule has 152 valence electrons. The molecule has 2 aromatic carbocycles. The van der Waals surface area contributed by atoms with Crippen molar-refractivity contribution in [3.63, 3.8) is 0 Å². The van der Waals surface area contributed by atoms with Gasteiger partial charge in [0.25, 0.3) is 5.91 Å². The molecular formula is C23H22N4O3. The molecule has 1 aromatic heterocycles. The fourth-order valence-corrected chi connectivity index (χ4v) is 3.04. The molecule has 0 saturated carbocycles. The Balaban J connectivity index is 1.62. The Hall–Kier alpha value is -3.92.